The molecule has 132 valence electrons. The fourth-order valence-electron chi connectivity index (χ4n) is 2.80. The van der Waals surface area contributed by atoms with Crippen molar-refractivity contribution in [3.63, 3.8) is 0 Å². The largest absolute Gasteiger partial charge is 0.508 e. The van der Waals surface area contributed by atoms with Gasteiger partial charge in [-0.3, -0.25) is 14.7 Å². The van der Waals surface area contributed by atoms with Crippen molar-refractivity contribution in [1.82, 2.24) is 4.98 Å². The molecule has 1 aliphatic heterocycles. The molecule has 0 fully saturated rings. The van der Waals surface area contributed by atoms with Gasteiger partial charge in [0.1, 0.15) is 17.3 Å². The number of halogens is 1. The molecule has 1 aliphatic rings. The first-order valence-electron chi connectivity index (χ1n) is 8.22. The minimum atomic E-state index is -0.474. The summed E-state index contributed by atoms with van der Waals surface area (Å²) in [6.07, 6.45) is 4.86. The van der Waals surface area contributed by atoms with E-state index in [1.807, 2.05) is 0 Å². The Balaban J connectivity index is 1.85. The van der Waals surface area contributed by atoms with E-state index in [0.717, 1.165) is 5.56 Å². The van der Waals surface area contributed by atoms with Gasteiger partial charge in [0.05, 0.1) is 11.3 Å². The second-order valence-corrected chi connectivity index (χ2v) is 5.88. The molecule has 5 nitrogen and oxygen atoms in total. The molecule has 3 aromatic rings. The van der Waals surface area contributed by atoms with Crippen molar-refractivity contribution in [2.24, 2.45) is 4.99 Å². The normalized spacial score (nSPS) is 15.3. The van der Waals surface area contributed by atoms with E-state index in [9.17, 15) is 14.3 Å². The average molecular weight is 359 g/mol. The summed E-state index contributed by atoms with van der Waals surface area (Å²) in [4.78, 5) is 22.7. The lowest BCUT2D eigenvalue weighted by Gasteiger charge is -2.18. The number of amides is 1. The number of phenols is 1. The molecule has 0 aliphatic carbocycles. The van der Waals surface area contributed by atoms with Crippen molar-refractivity contribution in [2.75, 3.05) is 4.90 Å². The van der Waals surface area contributed by atoms with Crippen molar-refractivity contribution in [1.29, 1.82) is 0 Å². The summed E-state index contributed by atoms with van der Waals surface area (Å²) in [5.74, 6) is -0.583. The number of hydrogen-bond acceptors (Lipinski definition) is 4. The predicted octanol–water partition coefficient (Wildman–Crippen LogP) is 3.76. The van der Waals surface area contributed by atoms with Gasteiger partial charge in [-0.1, -0.05) is 12.1 Å². The van der Waals surface area contributed by atoms with Crippen molar-refractivity contribution in [3.8, 4) is 5.75 Å². The highest BCUT2D eigenvalue weighted by atomic mass is 19.1. The minimum absolute atomic E-state index is 0.0716. The topological polar surface area (TPSA) is 65.8 Å². The fourth-order valence-corrected chi connectivity index (χ4v) is 2.80. The lowest BCUT2D eigenvalue weighted by molar-refractivity contribution is -0.113. The lowest BCUT2D eigenvalue weighted by Crippen LogP contribution is -2.33. The van der Waals surface area contributed by atoms with Gasteiger partial charge in [0, 0.05) is 12.4 Å². The number of pyridine rings is 1. The molecule has 0 saturated heterocycles. The molecule has 6 heteroatoms. The third-order valence-electron chi connectivity index (χ3n) is 4.09. The van der Waals surface area contributed by atoms with Crippen LogP contribution in [0.25, 0.3) is 6.08 Å². The van der Waals surface area contributed by atoms with Crippen molar-refractivity contribution in [2.45, 2.75) is 0 Å². The molecule has 1 aromatic heterocycles. The second-order valence-electron chi connectivity index (χ2n) is 5.88. The van der Waals surface area contributed by atoms with E-state index >= 15 is 0 Å². The zero-order valence-corrected chi connectivity index (χ0v) is 14.1. The van der Waals surface area contributed by atoms with Crippen LogP contribution < -0.4 is 4.90 Å². The molecule has 4 rings (SSSR count). The summed E-state index contributed by atoms with van der Waals surface area (Å²) in [7, 11) is 0. The third kappa shape index (κ3) is 3.20. The quantitative estimate of drug-likeness (QED) is 0.724. The number of aromatic nitrogens is 1. The van der Waals surface area contributed by atoms with Gasteiger partial charge in [-0.2, -0.15) is 0 Å². The molecule has 0 radical (unpaired) electrons. The Morgan fingerprint density at radius 2 is 1.67 bits per heavy atom. The van der Waals surface area contributed by atoms with Crippen molar-refractivity contribution < 1.29 is 14.3 Å². The molecule has 1 N–H and O–H groups in total. The highest BCUT2D eigenvalue weighted by molar-refractivity contribution is 6.33. The number of benzene rings is 2. The lowest BCUT2D eigenvalue weighted by atomic mass is 10.1. The van der Waals surface area contributed by atoms with E-state index in [1.54, 1.807) is 60.9 Å². The number of nitrogens with zero attached hydrogens (tertiary/aromatic N) is 3. The van der Waals surface area contributed by atoms with Crippen molar-refractivity contribution in [3.05, 3.63) is 95.7 Å². The SMILES string of the molecule is O=C1/C(=C\c2ccncc2)N=C(c2ccccc2F)N1c1ccc(O)cc1. The van der Waals surface area contributed by atoms with E-state index in [4.69, 9.17) is 0 Å². The molecular weight excluding hydrogens is 345 g/mol. The Morgan fingerprint density at radius 3 is 2.37 bits per heavy atom. The molecule has 0 unspecified atom stereocenters. The summed E-state index contributed by atoms with van der Waals surface area (Å²) in [6.45, 7) is 0. The van der Waals surface area contributed by atoms with E-state index in [1.165, 1.54) is 23.1 Å². The summed E-state index contributed by atoms with van der Waals surface area (Å²) < 4.78 is 14.4. The summed E-state index contributed by atoms with van der Waals surface area (Å²) in [6, 6.07) is 15.8. The Morgan fingerprint density at radius 1 is 0.963 bits per heavy atom. The van der Waals surface area contributed by atoms with E-state index in [-0.39, 0.29) is 28.8 Å². The highest BCUT2D eigenvalue weighted by Crippen LogP contribution is 2.29. The zero-order valence-electron chi connectivity index (χ0n) is 14.1. The van der Waals surface area contributed by atoms with Gasteiger partial charge < -0.3 is 5.11 Å². The zero-order chi connectivity index (χ0) is 18.8. The molecular formula is C21H14FN3O2. The Kier molecular flexibility index (Phi) is 4.22. The maximum atomic E-state index is 14.4. The number of aromatic hydroxyl groups is 1. The Bertz CT molecular complexity index is 1060. The molecule has 0 spiro atoms. The smallest absolute Gasteiger partial charge is 0.282 e. The molecule has 2 heterocycles. The summed E-state index contributed by atoms with van der Waals surface area (Å²) in [5.41, 5.74) is 1.65. The maximum Gasteiger partial charge on any atom is 0.282 e. The van der Waals surface area contributed by atoms with Gasteiger partial charge in [-0.25, -0.2) is 9.38 Å². The second kappa shape index (κ2) is 6.84. The van der Waals surface area contributed by atoms with Gasteiger partial charge in [0.25, 0.3) is 5.91 Å². The van der Waals surface area contributed by atoms with Gasteiger partial charge in [-0.15, -0.1) is 0 Å². The van der Waals surface area contributed by atoms with Crippen LogP contribution in [-0.4, -0.2) is 21.8 Å². The van der Waals surface area contributed by atoms with E-state index in [2.05, 4.69) is 9.98 Å². The molecule has 1 amide bonds. The fraction of sp³-hybridized carbons (Fsp3) is 0. The van der Waals surface area contributed by atoms with Crippen molar-refractivity contribution >= 4 is 23.5 Å². The minimum Gasteiger partial charge on any atom is -0.508 e. The number of amidine groups is 1. The Labute approximate surface area is 154 Å². The molecule has 0 saturated carbocycles. The summed E-state index contributed by atoms with van der Waals surface area (Å²) in [5, 5.41) is 9.53. The number of rotatable bonds is 3. The van der Waals surface area contributed by atoms with Crippen LogP contribution in [0.1, 0.15) is 11.1 Å². The Hall–Kier alpha value is -3.80. The molecule has 0 bridgehead atoms. The standard InChI is InChI=1S/C21H14FN3O2/c22-18-4-2-1-3-17(18)20-24-19(13-14-9-11-23-12-10-14)21(27)25(20)15-5-7-16(26)8-6-15/h1-13,26H/b19-13+. The molecule has 27 heavy (non-hydrogen) atoms. The van der Waals surface area contributed by atoms with E-state index < -0.39 is 5.82 Å². The first-order chi connectivity index (χ1) is 13.1. The van der Waals surface area contributed by atoms with Gasteiger partial charge >= 0.3 is 0 Å². The number of carbonyl (C=O) groups is 1. The molecule has 2 aromatic carbocycles. The van der Waals surface area contributed by atoms with Crippen LogP contribution in [-0.2, 0) is 4.79 Å². The van der Waals surface area contributed by atoms with Crippen LogP contribution in [0.15, 0.2) is 83.7 Å². The van der Waals surface area contributed by atoms with Crippen LogP contribution >= 0.6 is 0 Å². The number of anilines is 1. The average Bonchev–Trinajstić information content (AvgIpc) is 3.00. The van der Waals surface area contributed by atoms with Crippen LogP contribution in [0.5, 0.6) is 5.75 Å². The van der Waals surface area contributed by atoms with Crippen LogP contribution in [0, 0.1) is 5.82 Å². The van der Waals surface area contributed by atoms with Crippen LogP contribution in [0.3, 0.4) is 0 Å². The van der Waals surface area contributed by atoms with E-state index in [0.29, 0.717) is 5.69 Å². The number of phenolic OH excluding ortho intramolecular Hbond substituents is 1. The summed E-state index contributed by atoms with van der Waals surface area (Å²) >= 11 is 0. The van der Waals surface area contributed by atoms with Gasteiger partial charge in [0.15, 0.2) is 5.84 Å². The molecule has 0 atom stereocenters. The van der Waals surface area contributed by atoms with Gasteiger partial charge in [-0.05, 0) is 60.2 Å². The first-order valence-corrected chi connectivity index (χ1v) is 8.22. The number of carbonyl (C=O) groups excluding carboxylic acids is 1. The van der Waals surface area contributed by atoms with Gasteiger partial charge in [0.2, 0.25) is 0 Å². The third-order valence-corrected chi connectivity index (χ3v) is 4.09. The first kappa shape index (κ1) is 16.7. The van der Waals surface area contributed by atoms with Crippen LogP contribution in [0.4, 0.5) is 10.1 Å². The number of aliphatic imine (C=N–C) groups is 1. The highest BCUT2D eigenvalue weighted by Gasteiger charge is 2.33. The van der Waals surface area contributed by atoms with Crippen LogP contribution in [0.2, 0.25) is 0 Å². The monoisotopic (exact) mass is 359 g/mol. The predicted molar refractivity (Wildman–Crippen MR) is 101 cm³/mol. The maximum absolute atomic E-state index is 14.4. The number of hydrogen-bond donors (Lipinski definition) is 1.